The number of hydrogen-bond acceptors (Lipinski definition) is 3. The number of anilines is 1. The lowest BCUT2D eigenvalue weighted by atomic mass is 10.1. The molecule has 1 heterocycles. The lowest BCUT2D eigenvalue weighted by Crippen LogP contribution is -2.36. The number of carbonyl (C=O) groups excluding carboxylic acids is 2. The number of rotatable bonds is 4. The van der Waals surface area contributed by atoms with Gasteiger partial charge in [-0.1, -0.05) is 6.92 Å². The SMILES string of the molecule is CCC(OC(C)(C)C)C(=O)Nc1ccc2c(c1)CNC2=O. The first-order valence-corrected chi connectivity index (χ1v) is 7.20. The van der Waals surface area contributed by atoms with E-state index in [2.05, 4.69) is 10.6 Å². The van der Waals surface area contributed by atoms with Gasteiger partial charge in [0.05, 0.1) is 5.60 Å². The first-order valence-electron chi connectivity index (χ1n) is 7.20. The van der Waals surface area contributed by atoms with E-state index in [1.807, 2.05) is 33.8 Å². The molecule has 0 radical (unpaired) electrons. The number of amides is 2. The number of nitrogens with one attached hydrogen (secondary N) is 2. The van der Waals surface area contributed by atoms with Gasteiger partial charge in [0.15, 0.2) is 0 Å². The summed E-state index contributed by atoms with van der Waals surface area (Å²) in [5, 5.41) is 5.61. The van der Waals surface area contributed by atoms with Crippen molar-refractivity contribution < 1.29 is 14.3 Å². The molecule has 5 nitrogen and oxygen atoms in total. The van der Waals surface area contributed by atoms with Crippen LogP contribution in [0.4, 0.5) is 5.69 Å². The summed E-state index contributed by atoms with van der Waals surface area (Å²) < 4.78 is 5.75. The largest absolute Gasteiger partial charge is 0.363 e. The van der Waals surface area contributed by atoms with Gasteiger partial charge in [-0.3, -0.25) is 9.59 Å². The van der Waals surface area contributed by atoms with Crippen molar-refractivity contribution in [2.75, 3.05) is 5.32 Å². The van der Waals surface area contributed by atoms with E-state index in [1.165, 1.54) is 0 Å². The first kappa shape index (κ1) is 15.5. The third-order valence-electron chi connectivity index (χ3n) is 3.22. The minimum Gasteiger partial charge on any atom is -0.363 e. The van der Waals surface area contributed by atoms with E-state index in [4.69, 9.17) is 4.74 Å². The zero-order valence-electron chi connectivity index (χ0n) is 12.9. The van der Waals surface area contributed by atoms with Crippen molar-refractivity contribution in [1.82, 2.24) is 5.32 Å². The van der Waals surface area contributed by atoms with E-state index in [0.717, 1.165) is 5.56 Å². The van der Waals surface area contributed by atoms with Crippen LogP contribution in [0.15, 0.2) is 18.2 Å². The molecule has 2 amide bonds. The Morgan fingerprint density at radius 3 is 2.76 bits per heavy atom. The summed E-state index contributed by atoms with van der Waals surface area (Å²) in [4.78, 5) is 23.8. The van der Waals surface area contributed by atoms with Crippen LogP contribution in [0.3, 0.4) is 0 Å². The van der Waals surface area contributed by atoms with Gasteiger partial charge in [-0.25, -0.2) is 0 Å². The zero-order chi connectivity index (χ0) is 15.6. The number of benzene rings is 1. The van der Waals surface area contributed by atoms with Crippen molar-refractivity contribution in [3.63, 3.8) is 0 Å². The summed E-state index contributed by atoms with van der Waals surface area (Å²) in [7, 11) is 0. The number of ether oxygens (including phenoxy) is 1. The van der Waals surface area contributed by atoms with Gasteiger partial charge in [0.25, 0.3) is 11.8 Å². The molecule has 21 heavy (non-hydrogen) atoms. The Labute approximate surface area is 125 Å². The lowest BCUT2D eigenvalue weighted by Gasteiger charge is -2.26. The Bertz CT molecular complexity index is 561. The normalized spacial score (nSPS) is 15.3. The smallest absolute Gasteiger partial charge is 0.253 e. The summed E-state index contributed by atoms with van der Waals surface area (Å²) in [5.41, 5.74) is 1.89. The fraction of sp³-hybridized carbons (Fsp3) is 0.500. The van der Waals surface area contributed by atoms with Crippen molar-refractivity contribution in [2.45, 2.75) is 52.4 Å². The fourth-order valence-corrected chi connectivity index (χ4v) is 2.28. The monoisotopic (exact) mass is 290 g/mol. The molecule has 0 aliphatic carbocycles. The minimum atomic E-state index is -0.488. The standard InChI is InChI=1S/C16H22N2O3/c1-5-13(21-16(2,3)4)15(20)18-11-6-7-12-10(8-11)9-17-14(12)19/h6-8,13H,5,9H2,1-4H3,(H,17,19)(H,18,20). The predicted octanol–water partition coefficient (Wildman–Crippen LogP) is 2.46. The van der Waals surface area contributed by atoms with Crippen LogP contribution < -0.4 is 10.6 Å². The Balaban J connectivity index is 2.07. The molecule has 114 valence electrons. The summed E-state index contributed by atoms with van der Waals surface area (Å²) in [6.07, 6.45) is 0.117. The van der Waals surface area contributed by atoms with Crippen molar-refractivity contribution >= 4 is 17.5 Å². The Morgan fingerprint density at radius 1 is 1.43 bits per heavy atom. The van der Waals surface area contributed by atoms with Crippen LogP contribution in [-0.2, 0) is 16.1 Å². The molecule has 1 unspecified atom stereocenters. The van der Waals surface area contributed by atoms with Gasteiger partial charge in [0.2, 0.25) is 0 Å². The third kappa shape index (κ3) is 3.82. The first-order chi connectivity index (χ1) is 9.80. The third-order valence-corrected chi connectivity index (χ3v) is 3.22. The van der Waals surface area contributed by atoms with Crippen molar-refractivity contribution in [3.05, 3.63) is 29.3 Å². The highest BCUT2D eigenvalue weighted by molar-refractivity contribution is 6.00. The molecular formula is C16H22N2O3. The summed E-state index contributed by atoms with van der Waals surface area (Å²) in [6, 6.07) is 5.30. The highest BCUT2D eigenvalue weighted by atomic mass is 16.5. The number of fused-ring (bicyclic) bond motifs is 1. The van der Waals surface area contributed by atoms with E-state index < -0.39 is 6.10 Å². The van der Waals surface area contributed by atoms with E-state index >= 15 is 0 Å². The second-order valence-electron chi connectivity index (χ2n) is 6.17. The van der Waals surface area contributed by atoms with E-state index in [-0.39, 0.29) is 17.4 Å². The molecule has 5 heteroatoms. The van der Waals surface area contributed by atoms with Crippen LogP contribution in [-0.4, -0.2) is 23.5 Å². The van der Waals surface area contributed by atoms with Crippen LogP contribution in [0, 0.1) is 0 Å². The molecular weight excluding hydrogens is 268 g/mol. The fourth-order valence-electron chi connectivity index (χ4n) is 2.28. The molecule has 1 atom stereocenters. The maximum Gasteiger partial charge on any atom is 0.253 e. The molecule has 1 aromatic carbocycles. The molecule has 0 spiro atoms. The topological polar surface area (TPSA) is 67.4 Å². The molecule has 2 rings (SSSR count). The van der Waals surface area contributed by atoms with Crippen LogP contribution in [0.2, 0.25) is 0 Å². The quantitative estimate of drug-likeness (QED) is 0.895. The molecule has 0 saturated carbocycles. The average molecular weight is 290 g/mol. The van der Waals surface area contributed by atoms with Gasteiger partial charge in [-0.15, -0.1) is 0 Å². The predicted molar refractivity (Wildman–Crippen MR) is 81.2 cm³/mol. The Kier molecular flexibility index (Phi) is 4.32. The van der Waals surface area contributed by atoms with Crippen molar-refractivity contribution in [2.24, 2.45) is 0 Å². The summed E-state index contributed by atoms with van der Waals surface area (Å²) in [6.45, 7) is 8.20. The van der Waals surface area contributed by atoms with Crippen LogP contribution >= 0.6 is 0 Å². The van der Waals surface area contributed by atoms with Crippen LogP contribution in [0.25, 0.3) is 0 Å². The Morgan fingerprint density at radius 2 is 2.14 bits per heavy atom. The van der Waals surface area contributed by atoms with E-state index in [0.29, 0.717) is 24.2 Å². The molecule has 2 N–H and O–H groups in total. The second kappa shape index (κ2) is 5.85. The molecule has 0 saturated heterocycles. The van der Waals surface area contributed by atoms with Gasteiger partial charge >= 0.3 is 0 Å². The van der Waals surface area contributed by atoms with Gasteiger partial charge in [-0.05, 0) is 51.0 Å². The second-order valence-corrected chi connectivity index (χ2v) is 6.17. The highest BCUT2D eigenvalue weighted by Crippen LogP contribution is 2.21. The highest BCUT2D eigenvalue weighted by Gasteiger charge is 2.24. The minimum absolute atomic E-state index is 0.0645. The molecule has 1 aliphatic rings. The number of hydrogen-bond donors (Lipinski definition) is 2. The summed E-state index contributed by atoms with van der Waals surface area (Å²) in [5.74, 6) is -0.227. The van der Waals surface area contributed by atoms with Crippen molar-refractivity contribution in [1.29, 1.82) is 0 Å². The lowest BCUT2D eigenvalue weighted by molar-refractivity contribution is -0.137. The number of carbonyl (C=O) groups is 2. The molecule has 1 aromatic rings. The molecule has 0 bridgehead atoms. The molecule has 0 fully saturated rings. The Hall–Kier alpha value is -1.88. The maximum atomic E-state index is 12.3. The van der Waals surface area contributed by atoms with Crippen LogP contribution in [0.5, 0.6) is 0 Å². The van der Waals surface area contributed by atoms with Gasteiger partial charge < -0.3 is 15.4 Å². The molecule has 0 aromatic heterocycles. The summed E-state index contributed by atoms with van der Waals surface area (Å²) >= 11 is 0. The van der Waals surface area contributed by atoms with E-state index in [9.17, 15) is 9.59 Å². The molecule has 1 aliphatic heterocycles. The van der Waals surface area contributed by atoms with Crippen LogP contribution in [0.1, 0.15) is 50.0 Å². The van der Waals surface area contributed by atoms with Gasteiger partial charge in [0.1, 0.15) is 6.10 Å². The van der Waals surface area contributed by atoms with Gasteiger partial charge in [-0.2, -0.15) is 0 Å². The maximum absolute atomic E-state index is 12.3. The van der Waals surface area contributed by atoms with E-state index in [1.54, 1.807) is 12.1 Å². The average Bonchev–Trinajstić information content (AvgIpc) is 2.76. The van der Waals surface area contributed by atoms with Gasteiger partial charge in [0, 0.05) is 17.8 Å². The van der Waals surface area contributed by atoms with Crippen molar-refractivity contribution in [3.8, 4) is 0 Å². The zero-order valence-corrected chi connectivity index (χ0v) is 12.9.